The smallest absolute Gasteiger partial charge is 0.255 e. The van der Waals surface area contributed by atoms with Gasteiger partial charge in [-0.3, -0.25) is 4.79 Å². The predicted octanol–water partition coefficient (Wildman–Crippen LogP) is 3.75. The van der Waals surface area contributed by atoms with Crippen molar-refractivity contribution in [2.24, 2.45) is 0 Å². The average molecular weight is 386 g/mol. The molecule has 2 rings (SSSR count). The van der Waals surface area contributed by atoms with Crippen LogP contribution in [0.2, 0.25) is 0 Å². The number of carbonyl (C=O) groups excluding carboxylic acids is 1. The van der Waals surface area contributed by atoms with Crippen LogP contribution in [0.3, 0.4) is 0 Å². The van der Waals surface area contributed by atoms with E-state index in [2.05, 4.69) is 37.2 Å². The van der Waals surface area contributed by atoms with Gasteiger partial charge in [0.25, 0.3) is 5.91 Å². The number of carbonyl (C=O) groups is 1. The molecule has 2 aromatic rings. The minimum Gasteiger partial charge on any atom is -0.506 e. The van der Waals surface area contributed by atoms with E-state index in [0.29, 0.717) is 11.3 Å². The van der Waals surface area contributed by atoms with Gasteiger partial charge in [0.15, 0.2) is 0 Å². The minimum absolute atomic E-state index is 0.109. The molecule has 0 aliphatic carbocycles. The lowest BCUT2D eigenvalue weighted by atomic mass is 10.1. The zero-order chi connectivity index (χ0) is 14.0. The normalized spacial score (nSPS) is 10.2. The summed E-state index contributed by atoms with van der Waals surface area (Å²) < 4.78 is 1.66. The molecule has 0 aromatic heterocycles. The highest BCUT2D eigenvalue weighted by Gasteiger charge is 2.10. The standard InChI is InChI=1S/C13H10Br2N2O2/c14-8-2-4-11(9(15)6-8)17-13(19)7-1-3-10(16)12(18)5-7/h1-6,18H,16H2,(H,17,19). The molecule has 2 aromatic carbocycles. The lowest BCUT2D eigenvalue weighted by molar-refractivity contribution is 0.102. The Labute approximate surface area is 126 Å². The summed E-state index contributed by atoms with van der Waals surface area (Å²) in [6.45, 7) is 0. The molecule has 4 N–H and O–H groups in total. The third-order valence-corrected chi connectivity index (χ3v) is 3.62. The van der Waals surface area contributed by atoms with Crippen molar-refractivity contribution in [3.8, 4) is 5.75 Å². The highest BCUT2D eigenvalue weighted by atomic mass is 79.9. The maximum Gasteiger partial charge on any atom is 0.255 e. The predicted molar refractivity (Wildman–Crippen MR) is 82.3 cm³/mol. The molecule has 0 fully saturated rings. The molecule has 4 nitrogen and oxygen atoms in total. The minimum atomic E-state index is -0.321. The van der Waals surface area contributed by atoms with E-state index in [1.54, 1.807) is 12.1 Å². The fourth-order valence-electron chi connectivity index (χ4n) is 1.47. The van der Waals surface area contributed by atoms with Gasteiger partial charge >= 0.3 is 0 Å². The van der Waals surface area contributed by atoms with E-state index in [4.69, 9.17) is 5.73 Å². The van der Waals surface area contributed by atoms with Crippen molar-refractivity contribution in [2.45, 2.75) is 0 Å². The quantitative estimate of drug-likeness (QED) is 0.544. The summed E-state index contributed by atoms with van der Waals surface area (Å²) in [5.41, 5.74) is 6.70. The Balaban J connectivity index is 2.23. The van der Waals surface area contributed by atoms with Crippen molar-refractivity contribution in [2.75, 3.05) is 11.1 Å². The highest BCUT2D eigenvalue weighted by molar-refractivity contribution is 9.11. The number of phenolic OH excluding ortho intramolecular Hbond substituents is 1. The summed E-state index contributed by atoms with van der Waals surface area (Å²) in [7, 11) is 0. The number of nitrogens with one attached hydrogen (secondary N) is 1. The molecule has 0 bridgehead atoms. The van der Waals surface area contributed by atoms with Gasteiger partial charge in [-0.15, -0.1) is 0 Å². The number of anilines is 2. The van der Waals surface area contributed by atoms with Crippen LogP contribution in [0.4, 0.5) is 11.4 Å². The second-order valence-electron chi connectivity index (χ2n) is 3.85. The molecule has 0 saturated heterocycles. The zero-order valence-corrected chi connectivity index (χ0v) is 12.8. The number of hydrogen-bond acceptors (Lipinski definition) is 3. The number of aromatic hydroxyl groups is 1. The van der Waals surface area contributed by atoms with Crippen molar-refractivity contribution in [1.29, 1.82) is 0 Å². The molecule has 0 radical (unpaired) electrons. The van der Waals surface area contributed by atoms with E-state index in [1.807, 2.05) is 12.1 Å². The SMILES string of the molecule is Nc1ccc(C(=O)Nc2ccc(Br)cc2Br)cc1O. The number of phenols is 1. The zero-order valence-electron chi connectivity index (χ0n) is 9.65. The van der Waals surface area contributed by atoms with Crippen LogP contribution in [0.5, 0.6) is 5.75 Å². The first-order chi connectivity index (χ1) is 8.97. The van der Waals surface area contributed by atoms with Crippen molar-refractivity contribution in [3.05, 3.63) is 50.9 Å². The summed E-state index contributed by atoms with van der Waals surface area (Å²) in [4.78, 5) is 12.0. The van der Waals surface area contributed by atoms with Gasteiger partial charge in [-0.2, -0.15) is 0 Å². The number of halogens is 2. The van der Waals surface area contributed by atoms with Crippen LogP contribution in [0.15, 0.2) is 45.3 Å². The largest absolute Gasteiger partial charge is 0.506 e. The van der Waals surface area contributed by atoms with Gasteiger partial charge in [-0.25, -0.2) is 0 Å². The number of amides is 1. The average Bonchev–Trinajstić information content (AvgIpc) is 2.36. The Bertz CT molecular complexity index is 645. The second-order valence-corrected chi connectivity index (χ2v) is 5.62. The van der Waals surface area contributed by atoms with E-state index in [-0.39, 0.29) is 17.3 Å². The lowest BCUT2D eigenvalue weighted by Gasteiger charge is -2.08. The Morgan fingerprint density at radius 1 is 1.16 bits per heavy atom. The first-order valence-corrected chi connectivity index (χ1v) is 6.91. The van der Waals surface area contributed by atoms with E-state index in [1.165, 1.54) is 12.1 Å². The van der Waals surface area contributed by atoms with Gasteiger partial charge in [0.05, 0.1) is 11.4 Å². The fourth-order valence-corrected chi connectivity index (χ4v) is 2.62. The number of nitrogens with two attached hydrogens (primary N) is 1. The Morgan fingerprint density at radius 3 is 2.53 bits per heavy atom. The van der Waals surface area contributed by atoms with E-state index >= 15 is 0 Å². The van der Waals surface area contributed by atoms with Crippen molar-refractivity contribution < 1.29 is 9.90 Å². The van der Waals surface area contributed by atoms with Gasteiger partial charge in [0.1, 0.15) is 5.75 Å². The Hall–Kier alpha value is -1.53. The van der Waals surface area contributed by atoms with Crippen LogP contribution in [0.25, 0.3) is 0 Å². The molecule has 0 atom stereocenters. The molecule has 19 heavy (non-hydrogen) atoms. The van der Waals surface area contributed by atoms with Gasteiger partial charge in [-0.05, 0) is 52.3 Å². The molecule has 0 saturated carbocycles. The number of rotatable bonds is 2. The molecule has 0 aliphatic rings. The summed E-state index contributed by atoms with van der Waals surface area (Å²) in [6, 6.07) is 9.79. The van der Waals surface area contributed by atoms with Crippen molar-refractivity contribution in [3.63, 3.8) is 0 Å². The molecule has 98 valence electrons. The molecule has 0 aliphatic heterocycles. The Morgan fingerprint density at radius 2 is 1.89 bits per heavy atom. The Kier molecular flexibility index (Phi) is 4.11. The van der Waals surface area contributed by atoms with E-state index in [9.17, 15) is 9.90 Å². The van der Waals surface area contributed by atoms with Crippen molar-refractivity contribution in [1.82, 2.24) is 0 Å². The van der Waals surface area contributed by atoms with Crippen LogP contribution < -0.4 is 11.1 Å². The summed E-state index contributed by atoms with van der Waals surface area (Å²) in [5.74, 6) is -0.430. The van der Waals surface area contributed by atoms with Gasteiger partial charge in [0, 0.05) is 14.5 Å². The first-order valence-electron chi connectivity index (χ1n) is 5.32. The molecule has 0 spiro atoms. The maximum absolute atomic E-state index is 12.0. The summed E-state index contributed by atoms with van der Waals surface area (Å²) in [6.07, 6.45) is 0. The molecular formula is C13H10Br2N2O2. The fraction of sp³-hybridized carbons (Fsp3) is 0. The molecule has 0 heterocycles. The second kappa shape index (κ2) is 5.63. The summed E-state index contributed by atoms with van der Waals surface area (Å²) >= 11 is 6.70. The maximum atomic E-state index is 12.0. The first kappa shape index (κ1) is 13.9. The van der Waals surface area contributed by atoms with E-state index in [0.717, 1.165) is 8.95 Å². The highest BCUT2D eigenvalue weighted by Crippen LogP contribution is 2.27. The van der Waals surface area contributed by atoms with Crippen molar-refractivity contribution >= 4 is 49.1 Å². The topological polar surface area (TPSA) is 75.4 Å². The number of hydrogen-bond donors (Lipinski definition) is 3. The van der Waals surface area contributed by atoms with Crippen LogP contribution >= 0.6 is 31.9 Å². The lowest BCUT2D eigenvalue weighted by Crippen LogP contribution is -2.12. The molecule has 0 unspecified atom stereocenters. The van der Waals surface area contributed by atoms with Crippen LogP contribution in [0.1, 0.15) is 10.4 Å². The summed E-state index contributed by atoms with van der Waals surface area (Å²) in [5, 5.41) is 12.2. The third kappa shape index (κ3) is 3.27. The third-order valence-electron chi connectivity index (χ3n) is 2.47. The monoisotopic (exact) mass is 384 g/mol. The van der Waals surface area contributed by atoms with Gasteiger partial charge < -0.3 is 16.2 Å². The van der Waals surface area contributed by atoms with Gasteiger partial charge in [0.2, 0.25) is 0 Å². The van der Waals surface area contributed by atoms with Crippen LogP contribution in [-0.2, 0) is 0 Å². The van der Waals surface area contributed by atoms with Gasteiger partial charge in [-0.1, -0.05) is 15.9 Å². The molecule has 6 heteroatoms. The number of nitrogen functional groups attached to an aromatic ring is 1. The molecular weight excluding hydrogens is 376 g/mol. The van der Waals surface area contributed by atoms with Crippen LogP contribution in [0, 0.1) is 0 Å². The molecule has 1 amide bonds. The number of benzene rings is 2. The van der Waals surface area contributed by atoms with E-state index < -0.39 is 0 Å². The van der Waals surface area contributed by atoms with Crippen LogP contribution in [-0.4, -0.2) is 11.0 Å².